The lowest BCUT2D eigenvalue weighted by Gasteiger charge is -2.08. The maximum atomic E-state index is 12.6. The molecular weight excluding hydrogens is 440 g/mol. The number of ether oxygens (including phenoxy) is 1. The van der Waals surface area contributed by atoms with Gasteiger partial charge < -0.3 is 4.74 Å². The number of benzene rings is 3. The minimum absolute atomic E-state index is 0.151. The predicted molar refractivity (Wildman–Crippen MR) is 112 cm³/mol. The van der Waals surface area contributed by atoms with E-state index >= 15 is 0 Å². The van der Waals surface area contributed by atoms with Crippen LogP contribution in [0.25, 0.3) is 0 Å². The fourth-order valence-corrected chi connectivity index (χ4v) is 4.25. The molecule has 0 fully saturated rings. The summed E-state index contributed by atoms with van der Waals surface area (Å²) in [6.45, 7) is 2.05. The van der Waals surface area contributed by atoms with Crippen LogP contribution < -0.4 is 0 Å². The first-order valence-electron chi connectivity index (χ1n) is 8.63. The molecular formula is C22H19BrO4S. The zero-order valence-electron chi connectivity index (χ0n) is 15.3. The average molecular weight is 459 g/mol. The third kappa shape index (κ3) is 5.30. The highest BCUT2D eigenvalue weighted by molar-refractivity contribution is 9.10. The van der Waals surface area contributed by atoms with E-state index in [4.69, 9.17) is 4.74 Å². The highest BCUT2D eigenvalue weighted by Crippen LogP contribution is 2.19. The highest BCUT2D eigenvalue weighted by Gasteiger charge is 2.16. The van der Waals surface area contributed by atoms with Crippen LogP contribution in [0.3, 0.4) is 0 Å². The number of carbonyl (C=O) groups excluding carboxylic acids is 1. The fraction of sp³-hybridized carbons (Fsp3) is 0.136. The number of rotatable bonds is 6. The van der Waals surface area contributed by atoms with Gasteiger partial charge in [0.05, 0.1) is 16.2 Å². The summed E-state index contributed by atoms with van der Waals surface area (Å²) in [5, 5.41) is 0. The summed E-state index contributed by atoms with van der Waals surface area (Å²) >= 11 is 3.36. The van der Waals surface area contributed by atoms with Gasteiger partial charge in [0.2, 0.25) is 0 Å². The molecule has 3 aromatic rings. The standard InChI is InChI=1S/C22H19BrO4S/c1-16-5-11-21(12-6-16)28(25,26)15-18-3-2-4-19(13-18)22(24)27-14-17-7-9-20(23)10-8-17/h2-13H,14-15H2,1H3. The van der Waals surface area contributed by atoms with Gasteiger partial charge in [0.1, 0.15) is 6.61 Å². The Morgan fingerprint density at radius 1 is 0.929 bits per heavy atom. The van der Waals surface area contributed by atoms with Crippen molar-refractivity contribution in [2.75, 3.05) is 0 Å². The second-order valence-electron chi connectivity index (χ2n) is 6.48. The Labute approximate surface area is 173 Å². The van der Waals surface area contributed by atoms with Crippen molar-refractivity contribution in [1.82, 2.24) is 0 Å². The molecule has 0 atom stereocenters. The summed E-state index contributed by atoms with van der Waals surface area (Å²) in [4.78, 5) is 12.6. The van der Waals surface area contributed by atoms with Crippen LogP contribution in [0.5, 0.6) is 0 Å². The van der Waals surface area contributed by atoms with E-state index in [-0.39, 0.29) is 17.3 Å². The lowest BCUT2D eigenvalue weighted by atomic mass is 10.1. The molecule has 0 saturated heterocycles. The van der Waals surface area contributed by atoms with Gasteiger partial charge in [0.25, 0.3) is 0 Å². The number of halogens is 1. The van der Waals surface area contributed by atoms with Gasteiger partial charge in [-0.05, 0) is 54.4 Å². The van der Waals surface area contributed by atoms with E-state index in [9.17, 15) is 13.2 Å². The maximum absolute atomic E-state index is 12.6. The molecule has 0 saturated carbocycles. The smallest absolute Gasteiger partial charge is 0.338 e. The van der Waals surface area contributed by atoms with Crippen molar-refractivity contribution < 1.29 is 17.9 Å². The normalized spacial score (nSPS) is 11.2. The summed E-state index contributed by atoms with van der Waals surface area (Å²) in [5.41, 5.74) is 2.73. The first-order chi connectivity index (χ1) is 13.3. The molecule has 6 heteroatoms. The number of sulfone groups is 1. The topological polar surface area (TPSA) is 60.4 Å². The summed E-state index contributed by atoms with van der Waals surface area (Å²) in [6, 6.07) is 20.7. The third-order valence-corrected chi connectivity index (χ3v) is 6.42. The molecule has 0 aliphatic heterocycles. The van der Waals surface area contributed by atoms with Crippen molar-refractivity contribution >= 4 is 31.7 Å². The molecule has 0 N–H and O–H groups in total. The van der Waals surface area contributed by atoms with Crippen LogP contribution in [-0.4, -0.2) is 14.4 Å². The van der Waals surface area contributed by atoms with Crippen LogP contribution in [0, 0.1) is 6.92 Å². The molecule has 0 radical (unpaired) electrons. The Kier molecular flexibility index (Phi) is 6.31. The maximum Gasteiger partial charge on any atom is 0.338 e. The van der Waals surface area contributed by atoms with Gasteiger partial charge in [-0.1, -0.05) is 57.9 Å². The molecule has 0 unspecified atom stereocenters. The van der Waals surface area contributed by atoms with E-state index < -0.39 is 15.8 Å². The second kappa shape index (κ2) is 8.71. The fourth-order valence-electron chi connectivity index (χ4n) is 2.65. The molecule has 0 bridgehead atoms. The minimum Gasteiger partial charge on any atom is -0.457 e. The van der Waals surface area contributed by atoms with E-state index in [1.807, 2.05) is 31.2 Å². The monoisotopic (exact) mass is 458 g/mol. The van der Waals surface area contributed by atoms with Crippen molar-refractivity contribution in [3.05, 3.63) is 99.5 Å². The van der Waals surface area contributed by atoms with E-state index in [1.54, 1.807) is 48.5 Å². The second-order valence-corrected chi connectivity index (χ2v) is 9.38. The van der Waals surface area contributed by atoms with Gasteiger partial charge in [-0.25, -0.2) is 13.2 Å². The largest absolute Gasteiger partial charge is 0.457 e. The molecule has 0 heterocycles. The summed E-state index contributed by atoms with van der Waals surface area (Å²) in [6.07, 6.45) is 0. The lowest BCUT2D eigenvalue weighted by molar-refractivity contribution is 0.0472. The number of hydrogen-bond acceptors (Lipinski definition) is 4. The van der Waals surface area contributed by atoms with Crippen molar-refractivity contribution in [2.24, 2.45) is 0 Å². The zero-order chi connectivity index (χ0) is 20.1. The molecule has 3 aromatic carbocycles. The van der Waals surface area contributed by atoms with Gasteiger partial charge >= 0.3 is 5.97 Å². The average Bonchev–Trinajstić information content (AvgIpc) is 2.67. The van der Waals surface area contributed by atoms with Crippen LogP contribution in [0.4, 0.5) is 0 Å². The number of esters is 1. The van der Waals surface area contributed by atoms with Crippen LogP contribution >= 0.6 is 15.9 Å². The Morgan fingerprint density at radius 3 is 2.29 bits per heavy atom. The molecule has 144 valence electrons. The molecule has 0 aromatic heterocycles. The quantitative estimate of drug-likeness (QED) is 0.482. The number of carbonyl (C=O) groups is 1. The first-order valence-corrected chi connectivity index (χ1v) is 11.1. The van der Waals surface area contributed by atoms with Gasteiger partial charge in [-0.3, -0.25) is 0 Å². The third-order valence-electron chi connectivity index (χ3n) is 4.18. The molecule has 0 amide bonds. The van der Waals surface area contributed by atoms with Crippen molar-refractivity contribution in [1.29, 1.82) is 0 Å². The first kappa shape index (κ1) is 20.3. The van der Waals surface area contributed by atoms with Gasteiger partial charge in [0, 0.05) is 4.47 Å². The van der Waals surface area contributed by atoms with Crippen LogP contribution in [0.15, 0.2) is 82.2 Å². The molecule has 3 rings (SSSR count). The molecule has 0 spiro atoms. The van der Waals surface area contributed by atoms with Crippen LogP contribution in [0.1, 0.15) is 27.0 Å². The van der Waals surface area contributed by atoms with Gasteiger partial charge in [-0.15, -0.1) is 0 Å². The molecule has 28 heavy (non-hydrogen) atoms. The van der Waals surface area contributed by atoms with E-state index in [0.29, 0.717) is 11.1 Å². The lowest BCUT2D eigenvalue weighted by Crippen LogP contribution is -2.08. The molecule has 0 aliphatic carbocycles. The predicted octanol–water partition coefficient (Wildman–Crippen LogP) is 5.09. The Hall–Kier alpha value is -2.44. The Morgan fingerprint density at radius 2 is 1.61 bits per heavy atom. The number of aryl methyl sites for hydroxylation is 1. The Balaban J connectivity index is 1.70. The van der Waals surface area contributed by atoms with Crippen LogP contribution in [-0.2, 0) is 26.9 Å². The van der Waals surface area contributed by atoms with Crippen molar-refractivity contribution in [3.63, 3.8) is 0 Å². The Bertz CT molecular complexity index is 1070. The molecule has 4 nitrogen and oxygen atoms in total. The number of hydrogen-bond donors (Lipinski definition) is 0. The van der Waals surface area contributed by atoms with E-state index in [0.717, 1.165) is 15.6 Å². The summed E-state index contributed by atoms with van der Waals surface area (Å²) in [5.74, 6) is -0.665. The van der Waals surface area contributed by atoms with Gasteiger partial charge in [0.15, 0.2) is 9.84 Å². The van der Waals surface area contributed by atoms with Crippen molar-refractivity contribution in [2.45, 2.75) is 24.2 Å². The van der Waals surface area contributed by atoms with E-state index in [1.165, 1.54) is 0 Å². The summed E-state index contributed by atoms with van der Waals surface area (Å²) in [7, 11) is -3.49. The highest BCUT2D eigenvalue weighted by atomic mass is 79.9. The van der Waals surface area contributed by atoms with E-state index in [2.05, 4.69) is 15.9 Å². The van der Waals surface area contributed by atoms with Crippen LogP contribution in [0.2, 0.25) is 0 Å². The minimum atomic E-state index is -3.49. The van der Waals surface area contributed by atoms with Crippen molar-refractivity contribution in [3.8, 4) is 0 Å². The van der Waals surface area contributed by atoms with Gasteiger partial charge in [-0.2, -0.15) is 0 Å². The summed E-state index contributed by atoms with van der Waals surface area (Å²) < 4.78 is 31.5. The zero-order valence-corrected chi connectivity index (χ0v) is 17.7. The molecule has 0 aliphatic rings. The SMILES string of the molecule is Cc1ccc(S(=O)(=O)Cc2cccc(C(=O)OCc3ccc(Br)cc3)c2)cc1.